The summed E-state index contributed by atoms with van der Waals surface area (Å²) in [5.41, 5.74) is 0.327. The lowest BCUT2D eigenvalue weighted by molar-refractivity contribution is -0.121. The lowest BCUT2D eigenvalue weighted by atomic mass is 10.2. The minimum absolute atomic E-state index is 0.327. The van der Waals surface area contributed by atoms with Crippen LogP contribution in [0.25, 0.3) is 0 Å². The van der Waals surface area contributed by atoms with Gasteiger partial charge in [0, 0.05) is 0 Å². The zero-order valence-corrected chi connectivity index (χ0v) is 10.5. The lowest BCUT2D eigenvalue weighted by Gasteiger charge is -2.21. The molecule has 0 spiro atoms. The molecule has 2 nitrogen and oxygen atoms in total. The van der Waals surface area contributed by atoms with Crippen LogP contribution in [0, 0.1) is 0 Å². The second-order valence-corrected chi connectivity index (χ2v) is 6.23. The molecule has 2 unspecified atom stereocenters. The van der Waals surface area contributed by atoms with Gasteiger partial charge in [-0.3, -0.25) is 0 Å². The van der Waals surface area contributed by atoms with Crippen LogP contribution in [-0.2, 0) is 9.84 Å². The number of alkyl halides is 3. The summed E-state index contributed by atoms with van der Waals surface area (Å²) < 4.78 is 61.8. The van der Waals surface area contributed by atoms with E-state index in [9.17, 15) is 21.6 Å². The molecular weight excluding hydrogens is 265 g/mol. The van der Waals surface area contributed by atoms with Crippen molar-refractivity contribution in [1.29, 1.82) is 0 Å². The average molecular weight is 278 g/mol. The first kappa shape index (κ1) is 14.8. The molecule has 6 heteroatoms. The van der Waals surface area contributed by atoms with Gasteiger partial charge in [-0.2, -0.15) is 13.2 Å². The third-order valence-corrected chi connectivity index (χ3v) is 5.08. The maximum absolute atomic E-state index is 12.6. The van der Waals surface area contributed by atoms with Gasteiger partial charge in [0.05, 0.1) is 5.25 Å². The molecule has 1 rings (SSSR count). The van der Waals surface area contributed by atoms with Gasteiger partial charge in [0.1, 0.15) is 0 Å². The van der Waals surface area contributed by atoms with Gasteiger partial charge in [0.25, 0.3) is 0 Å². The quantitative estimate of drug-likeness (QED) is 0.792. The molecule has 0 aliphatic rings. The van der Waals surface area contributed by atoms with E-state index in [-0.39, 0.29) is 0 Å². The van der Waals surface area contributed by atoms with Crippen LogP contribution in [0.1, 0.15) is 17.7 Å². The predicted molar refractivity (Wildman–Crippen MR) is 63.8 cm³/mol. The minimum Gasteiger partial charge on any atom is -0.227 e. The number of hydrogen-bond donors (Lipinski definition) is 0. The van der Waals surface area contributed by atoms with Crippen LogP contribution in [-0.4, -0.2) is 19.8 Å². The van der Waals surface area contributed by atoms with Crippen molar-refractivity contribution in [2.24, 2.45) is 0 Å². The molecule has 0 aromatic heterocycles. The van der Waals surface area contributed by atoms with Crippen LogP contribution < -0.4 is 0 Å². The third kappa shape index (κ3) is 2.93. The first-order chi connectivity index (χ1) is 8.21. The van der Waals surface area contributed by atoms with Crippen LogP contribution >= 0.6 is 0 Å². The van der Waals surface area contributed by atoms with Crippen LogP contribution in [0.15, 0.2) is 43.0 Å². The molecule has 0 aliphatic heterocycles. The number of halogens is 3. The average Bonchev–Trinajstić information content (AvgIpc) is 2.27. The van der Waals surface area contributed by atoms with E-state index in [1.54, 1.807) is 18.2 Å². The molecule has 0 aliphatic carbocycles. The maximum Gasteiger partial charge on any atom is 0.408 e. The zero-order chi connectivity index (χ0) is 14.0. The Hall–Kier alpha value is -1.30. The molecule has 0 saturated heterocycles. The van der Waals surface area contributed by atoms with E-state index >= 15 is 0 Å². The second kappa shape index (κ2) is 5.14. The number of hydrogen-bond acceptors (Lipinski definition) is 2. The predicted octanol–water partition coefficient (Wildman–Crippen LogP) is 3.28. The van der Waals surface area contributed by atoms with Crippen LogP contribution in [0.2, 0.25) is 0 Å². The van der Waals surface area contributed by atoms with Gasteiger partial charge in [0.15, 0.2) is 15.1 Å². The third-order valence-electron chi connectivity index (χ3n) is 2.65. The first-order valence-corrected chi connectivity index (χ1v) is 6.79. The Morgan fingerprint density at radius 1 is 1.22 bits per heavy atom. The van der Waals surface area contributed by atoms with Gasteiger partial charge in [-0.05, 0) is 12.5 Å². The summed E-state index contributed by atoms with van der Waals surface area (Å²) in [5.74, 6) is 0. The Balaban J connectivity index is 3.18. The molecule has 100 valence electrons. The summed E-state index contributed by atoms with van der Waals surface area (Å²) in [6.45, 7) is 4.21. The van der Waals surface area contributed by atoms with Gasteiger partial charge >= 0.3 is 6.18 Å². The van der Waals surface area contributed by atoms with Crippen LogP contribution in [0.4, 0.5) is 13.2 Å². The minimum atomic E-state index is -4.84. The SMILES string of the molecule is C=CC(C(F)(F)F)S(=O)(=O)C(C)c1ccccc1. The highest BCUT2D eigenvalue weighted by Gasteiger charge is 2.48. The summed E-state index contributed by atoms with van der Waals surface area (Å²) in [6.07, 6.45) is -4.42. The monoisotopic (exact) mass is 278 g/mol. The Kier molecular flexibility index (Phi) is 4.21. The summed E-state index contributed by atoms with van der Waals surface area (Å²) in [7, 11) is -4.40. The van der Waals surface area contributed by atoms with Crippen molar-refractivity contribution in [3.05, 3.63) is 48.6 Å². The van der Waals surface area contributed by atoms with Gasteiger partial charge in [-0.25, -0.2) is 8.42 Å². The van der Waals surface area contributed by atoms with E-state index in [2.05, 4.69) is 6.58 Å². The van der Waals surface area contributed by atoms with Crippen molar-refractivity contribution in [2.75, 3.05) is 0 Å². The largest absolute Gasteiger partial charge is 0.408 e. The Bertz CT molecular complexity index is 506. The smallest absolute Gasteiger partial charge is 0.227 e. The molecule has 0 N–H and O–H groups in total. The van der Waals surface area contributed by atoms with Crippen LogP contribution in [0.5, 0.6) is 0 Å². The molecule has 0 amide bonds. The summed E-state index contributed by atoms with van der Waals surface area (Å²) in [4.78, 5) is 0. The topological polar surface area (TPSA) is 34.1 Å². The van der Waals surface area contributed by atoms with Gasteiger partial charge in [-0.1, -0.05) is 36.4 Å². The van der Waals surface area contributed by atoms with E-state index in [1.165, 1.54) is 19.1 Å². The van der Waals surface area contributed by atoms with Gasteiger partial charge in [0.2, 0.25) is 0 Å². The zero-order valence-electron chi connectivity index (χ0n) is 9.68. The molecule has 0 saturated carbocycles. The molecule has 2 atom stereocenters. The number of benzene rings is 1. The summed E-state index contributed by atoms with van der Waals surface area (Å²) >= 11 is 0. The fourth-order valence-electron chi connectivity index (χ4n) is 1.59. The lowest BCUT2D eigenvalue weighted by Crippen LogP contribution is -2.37. The molecule has 0 radical (unpaired) electrons. The second-order valence-electron chi connectivity index (χ2n) is 3.84. The maximum atomic E-state index is 12.6. The normalized spacial score (nSPS) is 16.0. The fraction of sp³-hybridized carbons (Fsp3) is 0.333. The molecule has 0 fully saturated rings. The van der Waals surface area contributed by atoms with Crippen LogP contribution in [0.3, 0.4) is 0 Å². The standard InChI is InChI=1S/C12H13F3O2S/c1-3-11(12(13,14)15)18(16,17)9(2)10-7-5-4-6-8-10/h3-9,11H,1H2,2H3. The van der Waals surface area contributed by atoms with Crippen molar-refractivity contribution in [2.45, 2.75) is 23.6 Å². The highest BCUT2D eigenvalue weighted by molar-refractivity contribution is 7.92. The molecule has 1 aromatic rings. The van der Waals surface area contributed by atoms with Gasteiger partial charge in [-0.15, -0.1) is 6.58 Å². The van der Waals surface area contributed by atoms with E-state index in [1.807, 2.05) is 0 Å². The van der Waals surface area contributed by atoms with E-state index in [0.717, 1.165) is 0 Å². The van der Waals surface area contributed by atoms with E-state index in [4.69, 9.17) is 0 Å². The van der Waals surface area contributed by atoms with E-state index < -0.39 is 26.5 Å². The van der Waals surface area contributed by atoms with Gasteiger partial charge < -0.3 is 0 Å². The Morgan fingerprint density at radius 3 is 2.11 bits per heavy atom. The van der Waals surface area contributed by atoms with Crippen molar-refractivity contribution < 1.29 is 21.6 Å². The summed E-state index contributed by atoms with van der Waals surface area (Å²) in [6, 6.07) is 7.80. The number of sulfone groups is 1. The van der Waals surface area contributed by atoms with Crippen molar-refractivity contribution in [1.82, 2.24) is 0 Å². The van der Waals surface area contributed by atoms with Crippen molar-refractivity contribution in [3.63, 3.8) is 0 Å². The van der Waals surface area contributed by atoms with Crippen molar-refractivity contribution in [3.8, 4) is 0 Å². The first-order valence-electron chi connectivity index (χ1n) is 5.18. The molecule has 18 heavy (non-hydrogen) atoms. The Morgan fingerprint density at radius 2 is 1.72 bits per heavy atom. The highest BCUT2D eigenvalue weighted by atomic mass is 32.2. The molecule has 0 bridgehead atoms. The summed E-state index contributed by atoms with van der Waals surface area (Å²) in [5, 5.41) is -3.77. The molecule has 1 aromatic carbocycles. The highest BCUT2D eigenvalue weighted by Crippen LogP contribution is 2.34. The van der Waals surface area contributed by atoms with E-state index in [0.29, 0.717) is 11.6 Å². The number of rotatable bonds is 4. The molecule has 0 heterocycles. The molecular formula is C12H13F3O2S. The Labute approximate surface area is 104 Å². The fourth-order valence-corrected chi connectivity index (χ4v) is 3.20. The van der Waals surface area contributed by atoms with Crippen molar-refractivity contribution >= 4 is 9.84 Å².